The van der Waals surface area contributed by atoms with Crippen LogP contribution in [0.4, 0.5) is 0 Å². The first-order chi connectivity index (χ1) is 13.6. The molecule has 0 saturated heterocycles. The van der Waals surface area contributed by atoms with Crippen molar-refractivity contribution in [3.05, 3.63) is 93.4 Å². The van der Waals surface area contributed by atoms with Gasteiger partial charge in [0.2, 0.25) is 0 Å². The van der Waals surface area contributed by atoms with Crippen LogP contribution < -0.4 is 10.2 Å². The smallest absolute Gasteiger partial charge is 0.253 e. The molecule has 6 heteroatoms. The Hall–Kier alpha value is -2.27. The number of halogens is 2. The number of benzene rings is 2. The largest absolute Gasteiger partial charge is 0.463 e. The van der Waals surface area contributed by atoms with Crippen LogP contribution in [0.3, 0.4) is 0 Å². The van der Waals surface area contributed by atoms with Gasteiger partial charge in [-0.2, -0.15) is 0 Å². The molecular weight excluding hydrogens is 395 g/mol. The number of rotatable bonds is 5. The van der Waals surface area contributed by atoms with Gasteiger partial charge in [0.1, 0.15) is 6.54 Å². The van der Waals surface area contributed by atoms with Gasteiger partial charge in [-0.3, -0.25) is 4.79 Å². The fourth-order valence-corrected chi connectivity index (χ4v) is 4.29. The minimum Gasteiger partial charge on any atom is -0.463 e. The van der Waals surface area contributed by atoms with Crippen molar-refractivity contribution in [1.82, 2.24) is 5.32 Å². The van der Waals surface area contributed by atoms with Crippen molar-refractivity contribution in [2.24, 2.45) is 0 Å². The van der Waals surface area contributed by atoms with E-state index in [-0.39, 0.29) is 11.9 Å². The fourth-order valence-electron chi connectivity index (χ4n) is 3.80. The van der Waals surface area contributed by atoms with Crippen molar-refractivity contribution in [2.75, 3.05) is 13.1 Å². The van der Waals surface area contributed by atoms with Crippen LogP contribution in [0.5, 0.6) is 0 Å². The van der Waals surface area contributed by atoms with Crippen molar-refractivity contribution in [3.63, 3.8) is 0 Å². The summed E-state index contributed by atoms with van der Waals surface area (Å²) in [5.41, 5.74) is 3.18. The highest BCUT2D eigenvalue weighted by Gasteiger charge is 2.30. The molecule has 1 aliphatic heterocycles. The van der Waals surface area contributed by atoms with Crippen LogP contribution in [-0.2, 0) is 13.0 Å². The van der Waals surface area contributed by atoms with Gasteiger partial charge in [-0.05, 0) is 35.9 Å². The van der Waals surface area contributed by atoms with Crippen molar-refractivity contribution < 1.29 is 14.1 Å². The molecule has 2 atom stereocenters. The Bertz CT molecular complexity index is 972. The van der Waals surface area contributed by atoms with Crippen molar-refractivity contribution >= 4 is 29.1 Å². The molecule has 28 heavy (non-hydrogen) atoms. The number of carbonyl (C=O) groups excluding carboxylic acids is 1. The Morgan fingerprint density at radius 1 is 1.11 bits per heavy atom. The molecule has 2 N–H and O–H groups in total. The Kier molecular flexibility index (Phi) is 5.72. The maximum Gasteiger partial charge on any atom is 0.253 e. The van der Waals surface area contributed by atoms with E-state index in [2.05, 4.69) is 29.6 Å². The molecule has 2 heterocycles. The van der Waals surface area contributed by atoms with E-state index < -0.39 is 0 Å². The average molecular weight is 416 g/mol. The van der Waals surface area contributed by atoms with Crippen LogP contribution in [0.25, 0.3) is 0 Å². The topological polar surface area (TPSA) is 46.7 Å². The minimum atomic E-state index is -0.213. The van der Waals surface area contributed by atoms with E-state index in [1.165, 1.54) is 16.0 Å². The lowest BCUT2D eigenvalue weighted by Gasteiger charge is -2.31. The number of amides is 1. The van der Waals surface area contributed by atoms with Crippen LogP contribution in [0.15, 0.2) is 65.3 Å². The summed E-state index contributed by atoms with van der Waals surface area (Å²) in [5, 5.41) is 3.87. The van der Waals surface area contributed by atoms with Gasteiger partial charge in [0.25, 0.3) is 5.91 Å². The number of furan rings is 1. The summed E-state index contributed by atoms with van der Waals surface area (Å²) in [5.74, 6) is 0.659. The minimum absolute atomic E-state index is 0.0263. The van der Waals surface area contributed by atoms with E-state index in [4.69, 9.17) is 27.6 Å². The van der Waals surface area contributed by atoms with E-state index in [0.717, 1.165) is 25.3 Å². The molecular formula is C22H21Cl2N2O2+. The molecule has 0 bridgehead atoms. The van der Waals surface area contributed by atoms with Crippen LogP contribution >= 0.6 is 23.2 Å². The molecule has 2 aromatic carbocycles. The van der Waals surface area contributed by atoms with E-state index in [1.807, 2.05) is 12.1 Å². The second-order valence-corrected chi connectivity index (χ2v) is 7.85. The van der Waals surface area contributed by atoms with Gasteiger partial charge in [-0.1, -0.05) is 47.5 Å². The zero-order valence-electron chi connectivity index (χ0n) is 15.3. The Labute approximate surface area is 174 Å². The monoisotopic (exact) mass is 415 g/mol. The van der Waals surface area contributed by atoms with Gasteiger partial charge in [-0.25, -0.2) is 0 Å². The quantitative estimate of drug-likeness (QED) is 0.667. The molecule has 0 fully saturated rings. The normalized spacial score (nSPS) is 17.0. The Balaban J connectivity index is 1.51. The van der Waals surface area contributed by atoms with Gasteiger partial charge < -0.3 is 14.6 Å². The number of quaternary nitrogens is 1. The number of hydrogen-bond donors (Lipinski definition) is 2. The highest BCUT2D eigenvalue weighted by Crippen LogP contribution is 2.21. The van der Waals surface area contributed by atoms with Crippen molar-refractivity contribution in [2.45, 2.75) is 19.0 Å². The number of hydrogen-bond acceptors (Lipinski definition) is 2. The summed E-state index contributed by atoms with van der Waals surface area (Å²) >= 11 is 12.1. The summed E-state index contributed by atoms with van der Waals surface area (Å²) in [6, 6.07) is 17.3. The summed E-state index contributed by atoms with van der Waals surface area (Å²) in [7, 11) is 0. The predicted molar refractivity (Wildman–Crippen MR) is 110 cm³/mol. The molecule has 0 radical (unpaired) electrons. The van der Waals surface area contributed by atoms with Gasteiger partial charge in [0.05, 0.1) is 29.9 Å². The number of fused-ring (bicyclic) bond motifs is 1. The number of carbonyl (C=O) groups is 1. The molecule has 4 nitrogen and oxygen atoms in total. The van der Waals surface area contributed by atoms with Crippen molar-refractivity contribution in [1.29, 1.82) is 0 Å². The maximum absolute atomic E-state index is 12.7. The van der Waals surface area contributed by atoms with Crippen molar-refractivity contribution in [3.8, 4) is 0 Å². The molecule has 1 amide bonds. The van der Waals surface area contributed by atoms with Crippen LogP contribution in [-0.4, -0.2) is 19.0 Å². The zero-order chi connectivity index (χ0) is 19.5. The lowest BCUT2D eigenvalue weighted by atomic mass is 9.98. The van der Waals surface area contributed by atoms with E-state index >= 15 is 0 Å². The molecule has 1 aromatic heterocycles. The summed E-state index contributed by atoms with van der Waals surface area (Å²) in [6.45, 7) is 2.35. The molecule has 144 valence electrons. The highest BCUT2D eigenvalue weighted by atomic mass is 35.5. The zero-order valence-corrected chi connectivity index (χ0v) is 16.8. The summed E-state index contributed by atoms with van der Waals surface area (Å²) < 4.78 is 5.70. The first-order valence-corrected chi connectivity index (χ1v) is 10.1. The lowest BCUT2D eigenvalue weighted by Crippen LogP contribution is -3.12. The Morgan fingerprint density at radius 3 is 2.68 bits per heavy atom. The molecule has 1 unspecified atom stereocenters. The third-order valence-electron chi connectivity index (χ3n) is 5.27. The van der Waals surface area contributed by atoms with E-state index in [9.17, 15) is 4.79 Å². The van der Waals surface area contributed by atoms with Gasteiger partial charge in [0.15, 0.2) is 11.8 Å². The van der Waals surface area contributed by atoms with Crippen LogP contribution in [0.1, 0.15) is 33.3 Å². The molecule has 0 saturated carbocycles. The molecule has 3 aromatic rings. The Morgan fingerprint density at radius 2 is 1.93 bits per heavy atom. The molecule has 0 aliphatic carbocycles. The van der Waals surface area contributed by atoms with Crippen LogP contribution in [0.2, 0.25) is 10.0 Å². The van der Waals surface area contributed by atoms with Crippen LogP contribution in [0, 0.1) is 0 Å². The van der Waals surface area contributed by atoms with E-state index in [0.29, 0.717) is 22.2 Å². The SMILES string of the molecule is O=C(NC[C@@H](c1ccco1)[NH+]1CCc2ccccc2C1)c1ccc(Cl)cc1Cl. The standard InChI is InChI=1S/C22H20Cl2N2O2/c23-17-7-8-18(19(24)12-17)22(27)25-13-20(21-6-3-11-28-21)26-10-9-15-4-1-2-5-16(15)14-26/h1-8,11-12,20H,9-10,13-14H2,(H,25,27)/p+1/t20-/m0/s1. The second kappa shape index (κ2) is 8.39. The summed E-state index contributed by atoms with van der Waals surface area (Å²) in [4.78, 5) is 14.0. The predicted octanol–water partition coefficient (Wildman–Crippen LogP) is 3.70. The lowest BCUT2D eigenvalue weighted by molar-refractivity contribution is -0.946. The third kappa shape index (κ3) is 4.09. The highest BCUT2D eigenvalue weighted by molar-refractivity contribution is 6.36. The second-order valence-electron chi connectivity index (χ2n) is 7.01. The average Bonchev–Trinajstić information content (AvgIpc) is 3.22. The fraction of sp³-hybridized carbons (Fsp3) is 0.227. The van der Waals surface area contributed by atoms with E-state index in [1.54, 1.807) is 24.5 Å². The van der Waals surface area contributed by atoms with Gasteiger partial charge >= 0.3 is 0 Å². The first-order valence-electron chi connectivity index (χ1n) is 9.30. The molecule has 4 rings (SSSR count). The maximum atomic E-state index is 12.7. The third-order valence-corrected chi connectivity index (χ3v) is 5.82. The number of nitrogens with one attached hydrogen (secondary N) is 2. The molecule has 0 spiro atoms. The van der Waals surface area contributed by atoms with Gasteiger partial charge in [0, 0.05) is 17.0 Å². The van der Waals surface area contributed by atoms with Gasteiger partial charge in [-0.15, -0.1) is 0 Å². The summed E-state index contributed by atoms with van der Waals surface area (Å²) in [6.07, 6.45) is 2.69. The first kappa shape index (κ1) is 19.1. The molecule has 1 aliphatic rings.